The van der Waals surface area contributed by atoms with Crippen LogP contribution in [0.3, 0.4) is 0 Å². The van der Waals surface area contributed by atoms with Gasteiger partial charge in [0.1, 0.15) is 11.6 Å². The third kappa shape index (κ3) is 3.16. The lowest BCUT2D eigenvalue weighted by Crippen LogP contribution is -2.41. The molecule has 5 rings (SSSR count). The van der Waals surface area contributed by atoms with Crippen molar-refractivity contribution >= 4 is 29.0 Å². The Labute approximate surface area is 158 Å². The van der Waals surface area contributed by atoms with Crippen LogP contribution in [0.2, 0.25) is 5.02 Å². The standard InChI is InChI=1S/C20H23ClN4O/c1-12(19(26)24-16-5-3-15(21)4-6-16)20-9-14(10-20)17(11-20)25-18-7-8-22-13(2)23-18/h3-8,12,14,17H,9-11H2,1-2H3,(H,24,26)(H,22,23,25)/t12-,14?,17-,20?/m1/s1. The highest BCUT2D eigenvalue weighted by Crippen LogP contribution is 2.63. The van der Waals surface area contributed by atoms with E-state index in [9.17, 15) is 4.79 Å². The summed E-state index contributed by atoms with van der Waals surface area (Å²) in [5.41, 5.74) is 0.892. The normalized spacial score (nSPS) is 27.5. The number of fused-ring (bicyclic) bond motifs is 1. The third-order valence-electron chi connectivity index (χ3n) is 6.07. The Hall–Kier alpha value is -2.14. The zero-order chi connectivity index (χ0) is 18.3. The van der Waals surface area contributed by atoms with E-state index in [1.807, 2.05) is 25.1 Å². The maximum atomic E-state index is 12.7. The molecule has 0 spiro atoms. The van der Waals surface area contributed by atoms with E-state index in [1.54, 1.807) is 18.3 Å². The van der Waals surface area contributed by atoms with Gasteiger partial charge in [-0.15, -0.1) is 0 Å². The average Bonchev–Trinajstić information content (AvgIpc) is 3.11. The van der Waals surface area contributed by atoms with Crippen LogP contribution in [0.5, 0.6) is 0 Å². The molecule has 136 valence electrons. The summed E-state index contributed by atoms with van der Waals surface area (Å²) in [7, 11) is 0. The lowest BCUT2D eigenvalue weighted by atomic mass is 9.62. The number of carbonyl (C=O) groups is 1. The molecule has 2 atom stereocenters. The van der Waals surface area contributed by atoms with Gasteiger partial charge >= 0.3 is 0 Å². The second-order valence-electron chi connectivity index (χ2n) is 7.69. The summed E-state index contributed by atoms with van der Waals surface area (Å²) < 4.78 is 0. The van der Waals surface area contributed by atoms with Crippen LogP contribution in [-0.2, 0) is 4.79 Å². The molecule has 1 heterocycles. The minimum Gasteiger partial charge on any atom is -0.367 e. The maximum absolute atomic E-state index is 12.7. The third-order valence-corrected chi connectivity index (χ3v) is 6.32. The fourth-order valence-electron chi connectivity index (χ4n) is 4.53. The van der Waals surface area contributed by atoms with Gasteiger partial charge in [-0.05, 0) is 67.9 Å². The van der Waals surface area contributed by atoms with Crippen LogP contribution in [-0.4, -0.2) is 21.9 Å². The fraction of sp³-hybridized carbons (Fsp3) is 0.450. The van der Waals surface area contributed by atoms with E-state index in [0.29, 0.717) is 17.0 Å². The second kappa shape index (κ2) is 6.54. The molecule has 1 amide bonds. The molecular weight excluding hydrogens is 348 g/mol. The molecule has 3 saturated carbocycles. The Kier molecular flexibility index (Phi) is 4.35. The minimum atomic E-state index is -0.0200. The van der Waals surface area contributed by atoms with Crippen LogP contribution >= 0.6 is 11.6 Å². The van der Waals surface area contributed by atoms with E-state index in [-0.39, 0.29) is 17.2 Å². The molecule has 3 fully saturated rings. The number of rotatable bonds is 5. The zero-order valence-electron chi connectivity index (χ0n) is 15.0. The van der Waals surface area contributed by atoms with Crippen molar-refractivity contribution in [2.45, 2.75) is 39.2 Å². The van der Waals surface area contributed by atoms with Crippen LogP contribution in [0.15, 0.2) is 36.5 Å². The highest BCUT2D eigenvalue weighted by molar-refractivity contribution is 6.30. The molecule has 2 bridgehead atoms. The molecule has 1 aromatic carbocycles. The predicted octanol–water partition coefficient (Wildman–Crippen LogP) is 4.29. The van der Waals surface area contributed by atoms with Crippen LogP contribution in [0.4, 0.5) is 11.5 Å². The molecule has 6 heteroatoms. The van der Waals surface area contributed by atoms with Gasteiger partial charge in [0.15, 0.2) is 0 Å². The number of halogens is 1. The molecule has 2 N–H and O–H groups in total. The van der Waals surface area contributed by atoms with Crippen molar-refractivity contribution in [3.05, 3.63) is 47.4 Å². The predicted molar refractivity (Wildman–Crippen MR) is 103 cm³/mol. The SMILES string of the molecule is Cc1nccc(N[C@@H]2CC3([C@H](C)C(=O)Nc4ccc(Cl)cc4)CC2C3)n1. The van der Waals surface area contributed by atoms with Crippen molar-refractivity contribution < 1.29 is 4.79 Å². The first-order chi connectivity index (χ1) is 12.4. The van der Waals surface area contributed by atoms with Crippen LogP contribution < -0.4 is 10.6 Å². The van der Waals surface area contributed by atoms with E-state index in [4.69, 9.17) is 11.6 Å². The molecule has 26 heavy (non-hydrogen) atoms. The Morgan fingerprint density at radius 2 is 1.96 bits per heavy atom. The Balaban J connectivity index is 1.39. The van der Waals surface area contributed by atoms with Crippen molar-refractivity contribution in [2.24, 2.45) is 17.3 Å². The quantitative estimate of drug-likeness (QED) is 0.823. The number of anilines is 2. The van der Waals surface area contributed by atoms with Crippen molar-refractivity contribution in [1.29, 1.82) is 0 Å². The number of benzene rings is 1. The maximum Gasteiger partial charge on any atom is 0.227 e. The van der Waals surface area contributed by atoms with Crippen molar-refractivity contribution in [3.8, 4) is 0 Å². The van der Waals surface area contributed by atoms with Crippen molar-refractivity contribution in [3.63, 3.8) is 0 Å². The molecule has 3 aliphatic carbocycles. The second-order valence-corrected chi connectivity index (χ2v) is 8.13. The van der Waals surface area contributed by atoms with Crippen molar-refractivity contribution in [2.75, 3.05) is 10.6 Å². The van der Waals surface area contributed by atoms with Gasteiger partial charge in [-0.2, -0.15) is 0 Å². The summed E-state index contributed by atoms with van der Waals surface area (Å²) in [5, 5.41) is 7.25. The summed E-state index contributed by atoms with van der Waals surface area (Å²) in [6.45, 7) is 3.95. The average molecular weight is 371 g/mol. The van der Waals surface area contributed by atoms with Gasteiger partial charge in [0.2, 0.25) is 5.91 Å². The van der Waals surface area contributed by atoms with Gasteiger partial charge in [0, 0.05) is 28.9 Å². The Morgan fingerprint density at radius 1 is 1.23 bits per heavy atom. The Morgan fingerprint density at radius 3 is 2.65 bits per heavy atom. The highest BCUT2D eigenvalue weighted by Gasteiger charge is 2.59. The molecule has 3 aliphatic rings. The summed E-state index contributed by atoms with van der Waals surface area (Å²) in [6.07, 6.45) is 4.99. The smallest absolute Gasteiger partial charge is 0.227 e. The van der Waals surface area contributed by atoms with Crippen molar-refractivity contribution in [1.82, 2.24) is 9.97 Å². The number of carbonyl (C=O) groups excluding carboxylic acids is 1. The zero-order valence-corrected chi connectivity index (χ0v) is 15.8. The van der Waals surface area contributed by atoms with E-state index in [1.165, 1.54) is 0 Å². The summed E-state index contributed by atoms with van der Waals surface area (Å²) in [4.78, 5) is 21.3. The fourth-order valence-corrected chi connectivity index (χ4v) is 4.65. The largest absolute Gasteiger partial charge is 0.367 e. The van der Waals surface area contributed by atoms with E-state index in [0.717, 1.165) is 36.6 Å². The number of aryl methyl sites for hydroxylation is 1. The van der Waals surface area contributed by atoms with E-state index in [2.05, 4.69) is 27.5 Å². The molecule has 5 nitrogen and oxygen atoms in total. The lowest BCUT2D eigenvalue weighted by molar-refractivity contribution is -0.125. The number of nitrogens with one attached hydrogen (secondary N) is 2. The number of hydrogen-bond acceptors (Lipinski definition) is 4. The first-order valence-corrected chi connectivity index (χ1v) is 9.46. The summed E-state index contributed by atoms with van der Waals surface area (Å²) in [5.74, 6) is 2.34. The van der Waals surface area contributed by atoms with Crippen LogP contribution in [0.1, 0.15) is 32.0 Å². The van der Waals surface area contributed by atoms with Gasteiger partial charge in [-0.1, -0.05) is 18.5 Å². The Bertz CT molecular complexity index is 817. The molecular formula is C20H23ClN4O. The lowest BCUT2D eigenvalue weighted by Gasteiger charge is -2.42. The highest BCUT2D eigenvalue weighted by atomic mass is 35.5. The molecule has 0 unspecified atom stereocenters. The van der Waals surface area contributed by atoms with Crippen LogP contribution in [0, 0.1) is 24.2 Å². The molecule has 0 aliphatic heterocycles. The number of hydrogen-bond donors (Lipinski definition) is 2. The minimum absolute atomic E-state index is 0.0200. The topological polar surface area (TPSA) is 66.9 Å². The number of amides is 1. The van der Waals surface area contributed by atoms with Gasteiger partial charge in [0.05, 0.1) is 0 Å². The van der Waals surface area contributed by atoms with Gasteiger partial charge in [0.25, 0.3) is 0 Å². The molecule has 0 saturated heterocycles. The molecule has 0 radical (unpaired) electrons. The molecule has 2 aromatic rings. The van der Waals surface area contributed by atoms with Gasteiger partial charge in [-0.25, -0.2) is 9.97 Å². The monoisotopic (exact) mass is 370 g/mol. The summed E-state index contributed by atoms with van der Waals surface area (Å²) in [6, 6.07) is 9.55. The van der Waals surface area contributed by atoms with Crippen LogP contribution in [0.25, 0.3) is 0 Å². The number of nitrogens with zero attached hydrogens (tertiary/aromatic N) is 2. The first-order valence-electron chi connectivity index (χ1n) is 9.08. The molecule has 1 aromatic heterocycles. The summed E-state index contributed by atoms with van der Waals surface area (Å²) >= 11 is 5.91. The number of aromatic nitrogens is 2. The van der Waals surface area contributed by atoms with E-state index < -0.39 is 0 Å². The van der Waals surface area contributed by atoms with Gasteiger partial charge in [-0.3, -0.25) is 4.79 Å². The first kappa shape index (κ1) is 17.3. The van der Waals surface area contributed by atoms with Gasteiger partial charge < -0.3 is 10.6 Å². The van der Waals surface area contributed by atoms with E-state index >= 15 is 0 Å².